The molecule has 0 saturated carbocycles. The van der Waals surface area contributed by atoms with Crippen molar-refractivity contribution in [1.29, 1.82) is 0 Å². The van der Waals surface area contributed by atoms with E-state index in [0.717, 1.165) is 97.9 Å². The maximum Gasteiger partial charge on any atom is 0.222 e. The van der Waals surface area contributed by atoms with Gasteiger partial charge in [0.15, 0.2) is 0 Å². The minimum Gasteiger partial charge on any atom is -0.342 e. The minimum absolute atomic E-state index is 0.350. The molecule has 1 aromatic carbocycles. The molecule has 3 unspecified atom stereocenters. The summed E-state index contributed by atoms with van der Waals surface area (Å²) in [6.45, 7) is 63.4. The van der Waals surface area contributed by atoms with Gasteiger partial charge in [-0.05, 0) is 190 Å². The predicted molar refractivity (Wildman–Crippen MR) is 354 cm³/mol. The summed E-state index contributed by atoms with van der Waals surface area (Å²) in [6.07, 6.45) is 18.9. The Hall–Kier alpha value is -2.84. The van der Waals surface area contributed by atoms with Crippen LogP contribution >= 0.6 is 11.3 Å². The molecule has 0 bridgehead atoms. The highest BCUT2D eigenvalue weighted by Gasteiger charge is 2.29. The number of hydrogen-bond acceptors (Lipinski definition) is 6. The van der Waals surface area contributed by atoms with Crippen LogP contribution in [0.25, 0.3) is 0 Å². The van der Waals surface area contributed by atoms with Crippen molar-refractivity contribution in [3.05, 3.63) is 74.5 Å². The number of thiazole rings is 1. The highest BCUT2D eigenvalue weighted by Crippen LogP contribution is 2.36. The van der Waals surface area contributed by atoms with Crippen LogP contribution in [-0.2, 0) is 43.4 Å². The van der Waals surface area contributed by atoms with Crippen LogP contribution in [0, 0.1) is 82.9 Å². The molecule has 80 heavy (non-hydrogen) atoms. The predicted octanol–water partition coefficient (Wildman–Crippen LogP) is 19.8. The molecule has 1 aliphatic carbocycles. The zero-order chi connectivity index (χ0) is 60.8. The number of benzene rings is 1. The molecule has 0 radical (unpaired) electrons. The molecule has 462 valence electrons. The van der Waals surface area contributed by atoms with Crippen LogP contribution < -0.4 is 0 Å². The molecule has 3 atom stereocenters. The van der Waals surface area contributed by atoms with Gasteiger partial charge in [-0.2, -0.15) is 0 Å². The zero-order valence-electron chi connectivity index (χ0n) is 57.4. The molecular weight excluding hydrogens is 997 g/mol. The van der Waals surface area contributed by atoms with E-state index in [1.807, 2.05) is 20.9 Å². The molecule has 0 spiro atoms. The maximum atomic E-state index is 11.7. The van der Waals surface area contributed by atoms with Crippen LogP contribution in [0.5, 0.6) is 0 Å². The van der Waals surface area contributed by atoms with Crippen LogP contribution in [0.4, 0.5) is 0 Å². The third-order valence-electron chi connectivity index (χ3n) is 15.8. The smallest absolute Gasteiger partial charge is 0.222 e. The Kier molecular flexibility index (Phi) is 38.0. The SMILES string of the molecule is C/C(=C\CC(C)C)CCC(C)C.CC(C)CC(=O)N1CCC(C(C)C)C1.CC(C)CCN1CCC(C(C)C)C1.CC(C)Cc1cn(CC(C)C)nn1.CC(C)Cc1csc(CC(C)C)n1.CC(C)c1cccc2c1CC(C(C)C)C2. The number of allylic oxidation sites excluding steroid dienone is 2. The van der Waals surface area contributed by atoms with E-state index >= 15 is 0 Å². The third-order valence-corrected chi connectivity index (χ3v) is 16.7. The van der Waals surface area contributed by atoms with Crippen LogP contribution in [-0.4, -0.2) is 68.4 Å². The molecule has 1 amide bonds. The van der Waals surface area contributed by atoms with Crippen LogP contribution in [0.1, 0.15) is 257 Å². The van der Waals surface area contributed by atoms with Gasteiger partial charge in [0.1, 0.15) is 0 Å². The van der Waals surface area contributed by atoms with E-state index in [1.54, 1.807) is 22.3 Å². The Labute approximate surface area is 501 Å². The van der Waals surface area contributed by atoms with E-state index in [-0.39, 0.29) is 0 Å². The molecule has 2 aromatic heterocycles. The van der Waals surface area contributed by atoms with Gasteiger partial charge in [0, 0.05) is 50.6 Å². The average Bonchev–Trinajstić information content (AvgIpc) is 4.21. The summed E-state index contributed by atoms with van der Waals surface area (Å²) in [6, 6.07) is 6.87. The quantitative estimate of drug-likeness (QED) is 0.0938. The summed E-state index contributed by atoms with van der Waals surface area (Å²) >= 11 is 1.81. The fourth-order valence-electron chi connectivity index (χ4n) is 10.5. The molecule has 6 rings (SSSR count). The first kappa shape index (κ1) is 75.2. The summed E-state index contributed by atoms with van der Waals surface area (Å²) in [4.78, 5) is 21.0. The van der Waals surface area contributed by atoms with Crippen LogP contribution in [0.2, 0.25) is 0 Å². The Morgan fingerprint density at radius 2 is 1.20 bits per heavy atom. The second-order valence-corrected chi connectivity index (χ2v) is 30.5. The van der Waals surface area contributed by atoms with E-state index in [0.29, 0.717) is 47.8 Å². The number of nitrogens with zero attached hydrogens (tertiary/aromatic N) is 6. The zero-order valence-corrected chi connectivity index (χ0v) is 58.2. The van der Waals surface area contributed by atoms with Gasteiger partial charge in [-0.25, -0.2) is 4.98 Å². The highest BCUT2D eigenvalue weighted by atomic mass is 32.1. The van der Waals surface area contributed by atoms with E-state index in [1.165, 1.54) is 81.7 Å². The van der Waals surface area contributed by atoms with Gasteiger partial charge in [0.05, 0.1) is 16.4 Å². The summed E-state index contributed by atoms with van der Waals surface area (Å²) < 4.78 is 1.93. The van der Waals surface area contributed by atoms with Gasteiger partial charge in [-0.3, -0.25) is 9.48 Å². The van der Waals surface area contributed by atoms with Gasteiger partial charge in [-0.1, -0.05) is 201 Å². The second-order valence-electron chi connectivity index (χ2n) is 29.5. The Morgan fingerprint density at radius 3 is 1.70 bits per heavy atom. The fourth-order valence-corrected chi connectivity index (χ4v) is 11.5. The summed E-state index contributed by atoms with van der Waals surface area (Å²) in [7, 11) is 0. The lowest BCUT2D eigenvalue weighted by atomic mass is 9.91. The monoisotopic (exact) mass is 1130 g/mol. The van der Waals surface area contributed by atoms with E-state index in [2.05, 4.69) is 229 Å². The normalized spacial score (nSPS) is 17.4. The first-order valence-corrected chi connectivity index (χ1v) is 33.8. The van der Waals surface area contributed by atoms with Crippen molar-refractivity contribution in [2.45, 2.75) is 263 Å². The lowest BCUT2D eigenvalue weighted by Crippen LogP contribution is -2.30. The molecule has 2 saturated heterocycles. The lowest BCUT2D eigenvalue weighted by molar-refractivity contribution is -0.131. The van der Waals surface area contributed by atoms with E-state index in [4.69, 9.17) is 0 Å². The molecule has 3 aromatic rings. The van der Waals surface area contributed by atoms with Crippen molar-refractivity contribution in [1.82, 2.24) is 29.8 Å². The van der Waals surface area contributed by atoms with Gasteiger partial charge in [-0.15, -0.1) is 16.4 Å². The number of amides is 1. The average molecular weight is 1130 g/mol. The number of carbonyl (C=O) groups is 1. The third kappa shape index (κ3) is 34.1. The number of rotatable bonds is 22. The Balaban J connectivity index is 0.000000481. The topological polar surface area (TPSA) is 67.2 Å². The van der Waals surface area contributed by atoms with Gasteiger partial charge < -0.3 is 9.80 Å². The molecule has 4 heterocycles. The van der Waals surface area contributed by atoms with Crippen molar-refractivity contribution < 1.29 is 4.79 Å². The summed E-state index contributed by atoms with van der Waals surface area (Å²) in [5.74, 6) is 11.7. The largest absolute Gasteiger partial charge is 0.342 e. The van der Waals surface area contributed by atoms with E-state index < -0.39 is 0 Å². The number of hydrogen-bond donors (Lipinski definition) is 0. The Morgan fingerprint density at radius 1 is 0.625 bits per heavy atom. The molecule has 7 nitrogen and oxygen atoms in total. The van der Waals surface area contributed by atoms with Gasteiger partial charge >= 0.3 is 0 Å². The highest BCUT2D eigenvalue weighted by molar-refractivity contribution is 7.09. The van der Waals surface area contributed by atoms with E-state index in [9.17, 15) is 4.79 Å². The van der Waals surface area contributed by atoms with Crippen LogP contribution in [0.15, 0.2) is 41.4 Å². The first-order valence-electron chi connectivity index (χ1n) is 32.9. The molecule has 0 N–H and O–H groups in total. The molecule has 8 heteroatoms. The molecule has 2 aliphatic heterocycles. The van der Waals surface area contributed by atoms with Gasteiger partial charge in [0.2, 0.25) is 5.91 Å². The van der Waals surface area contributed by atoms with Crippen molar-refractivity contribution in [2.75, 3.05) is 32.7 Å². The van der Waals surface area contributed by atoms with Crippen molar-refractivity contribution in [2.24, 2.45) is 82.9 Å². The number of likely N-dealkylation sites (tertiary alicyclic amines) is 2. The molecule has 2 fully saturated rings. The first-order chi connectivity index (χ1) is 37.4. The fraction of sp³-hybridized carbons (Fsp3) is 0.806. The van der Waals surface area contributed by atoms with Gasteiger partial charge in [0.25, 0.3) is 0 Å². The van der Waals surface area contributed by atoms with Crippen molar-refractivity contribution >= 4 is 17.2 Å². The number of carbonyl (C=O) groups excluding carboxylic acids is 1. The number of aromatic nitrogens is 4. The second kappa shape index (κ2) is 40.4. The standard InChI is InChI=1S/C15H22.C12H23NO.C12H25N.C12H24.C11H19NS.C10H19N3/c1-10(2)13-8-12-6-5-7-14(11(3)4)15(12)9-13;1-9(2)7-12(14)13-6-5-11(8-13)10(3)4;1-10(2)5-7-13-8-6-12(9-13)11(3)4;1-10(2)6-8-12(5)9-7-11(3)4;1-8(2)5-10-7-13-11(12-10)6-9(3)4;1-8(2)5-10-7-13(12-11-10)6-9(3)4/h5-7,10-11,13H,8-9H2,1-4H3;9-11H,5-8H2,1-4H3;10-12H,5-9H2,1-4H3;8,10-11H,6-7,9H2,1-5H3;2*7-9H,5-6H2,1-4H3/b;;;12-8+;;. The minimum atomic E-state index is 0.350. The molecule has 3 aliphatic rings. The van der Waals surface area contributed by atoms with Crippen molar-refractivity contribution in [3.63, 3.8) is 0 Å². The Bertz CT molecular complexity index is 1960. The van der Waals surface area contributed by atoms with Crippen LogP contribution in [0.3, 0.4) is 0 Å². The number of fused-ring (bicyclic) bond motifs is 1. The maximum absolute atomic E-state index is 11.7. The lowest BCUT2D eigenvalue weighted by Gasteiger charge is -2.19. The summed E-state index contributed by atoms with van der Waals surface area (Å²) in [5.41, 5.74) is 8.80. The van der Waals surface area contributed by atoms with Crippen molar-refractivity contribution in [3.8, 4) is 0 Å². The summed E-state index contributed by atoms with van der Waals surface area (Å²) in [5, 5.41) is 11.7. The molecular formula is C72H132N6OS.